The molecule has 1 spiro atoms. The van der Waals surface area contributed by atoms with Crippen LogP contribution in [0.2, 0.25) is 5.02 Å². The Balaban J connectivity index is 1.64. The van der Waals surface area contributed by atoms with E-state index in [1.807, 2.05) is 24.3 Å². The van der Waals surface area contributed by atoms with E-state index in [9.17, 15) is 5.11 Å². The van der Waals surface area contributed by atoms with Gasteiger partial charge in [-0.1, -0.05) is 55.5 Å². The van der Waals surface area contributed by atoms with E-state index in [1.165, 1.54) is 25.7 Å². The third-order valence-electron chi connectivity index (χ3n) is 5.17. The van der Waals surface area contributed by atoms with E-state index < -0.39 is 0 Å². The highest BCUT2D eigenvalue weighted by Gasteiger charge is 2.54. The maximum atomic E-state index is 10.3. The van der Waals surface area contributed by atoms with Gasteiger partial charge in [0.25, 0.3) is 0 Å². The number of rotatable bonds is 3. The van der Waals surface area contributed by atoms with E-state index in [0.29, 0.717) is 6.61 Å². The van der Waals surface area contributed by atoms with Gasteiger partial charge in [-0.3, -0.25) is 0 Å². The number of aliphatic hydroxyl groups is 1. The maximum Gasteiger partial charge on any atom is 0.0735 e. The van der Waals surface area contributed by atoms with E-state index in [1.54, 1.807) is 0 Å². The van der Waals surface area contributed by atoms with Crippen LogP contribution in [0.15, 0.2) is 24.3 Å². The molecule has 0 radical (unpaired) electrons. The molecule has 2 nitrogen and oxygen atoms in total. The van der Waals surface area contributed by atoms with Gasteiger partial charge in [0.2, 0.25) is 0 Å². The van der Waals surface area contributed by atoms with E-state index in [-0.39, 0.29) is 17.6 Å². The molecule has 2 aliphatic carbocycles. The highest BCUT2D eigenvalue weighted by molar-refractivity contribution is 6.31. The fraction of sp³-hybridized carbons (Fsp3) is 0.647. The van der Waals surface area contributed by atoms with Crippen molar-refractivity contribution in [3.63, 3.8) is 0 Å². The zero-order chi connectivity index (χ0) is 14.0. The van der Waals surface area contributed by atoms with Crippen LogP contribution in [0.25, 0.3) is 0 Å². The highest BCUT2D eigenvalue weighted by Crippen LogP contribution is 2.52. The predicted octanol–water partition coefficient (Wildman–Crippen LogP) is 4.33. The van der Waals surface area contributed by atoms with Crippen molar-refractivity contribution in [2.75, 3.05) is 0 Å². The lowest BCUT2D eigenvalue weighted by molar-refractivity contribution is -0.203. The Morgan fingerprint density at radius 1 is 1.15 bits per heavy atom. The second-order valence-electron chi connectivity index (χ2n) is 6.29. The first kappa shape index (κ1) is 14.4. The zero-order valence-corrected chi connectivity index (χ0v) is 12.6. The Kier molecular flexibility index (Phi) is 4.34. The lowest BCUT2D eigenvalue weighted by Crippen LogP contribution is -2.57. The number of halogens is 1. The third kappa shape index (κ3) is 2.61. The van der Waals surface area contributed by atoms with Gasteiger partial charge in [0.05, 0.1) is 18.8 Å². The highest BCUT2D eigenvalue weighted by atomic mass is 35.5. The maximum absolute atomic E-state index is 10.3. The lowest BCUT2D eigenvalue weighted by Gasteiger charge is -2.53. The molecule has 2 aliphatic rings. The van der Waals surface area contributed by atoms with E-state index >= 15 is 0 Å². The standard InChI is InChI=1S/C17H23ClO2/c18-14-8-4-3-7-13(14)12-20-16-11-15(19)17(16)9-5-1-2-6-10-17/h3-4,7-8,15-16,19H,1-2,5-6,9-12H2. The van der Waals surface area contributed by atoms with Crippen LogP contribution >= 0.6 is 11.6 Å². The first-order valence-electron chi connectivity index (χ1n) is 7.75. The van der Waals surface area contributed by atoms with Crippen molar-refractivity contribution < 1.29 is 9.84 Å². The molecule has 1 aromatic rings. The van der Waals surface area contributed by atoms with Gasteiger partial charge in [0.15, 0.2) is 0 Å². The van der Waals surface area contributed by atoms with Crippen molar-refractivity contribution in [3.05, 3.63) is 34.9 Å². The Morgan fingerprint density at radius 3 is 2.50 bits per heavy atom. The number of hydrogen-bond donors (Lipinski definition) is 1. The summed E-state index contributed by atoms with van der Waals surface area (Å²) in [6.45, 7) is 0.554. The Bertz CT molecular complexity index is 452. The molecular weight excluding hydrogens is 272 g/mol. The summed E-state index contributed by atoms with van der Waals surface area (Å²) in [5.41, 5.74) is 1.07. The van der Waals surface area contributed by atoms with E-state index in [4.69, 9.17) is 16.3 Å². The molecule has 0 aromatic heterocycles. The fourth-order valence-electron chi connectivity index (χ4n) is 3.81. The molecule has 2 saturated carbocycles. The van der Waals surface area contributed by atoms with Crippen LogP contribution < -0.4 is 0 Å². The molecule has 110 valence electrons. The van der Waals surface area contributed by atoms with Gasteiger partial charge in [0, 0.05) is 16.9 Å². The number of hydrogen-bond acceptors (Lipinski definition) is 2. The molecule has 0 amide bonds. The second kappa shape index (κ2) is 6.05. The van der Waals surface area contributed by atoms with Gasteiger partial charge in [-0.2, -0.15) is 0 Å². The largest absolute Gasteiger partial charge is 0.392 e. The summed E-state index contributed by atoms with van der Waals surface area (Å²) in [7, 11) is 0. The Hall–Kier alpha value is -0.570. The fourth-order valence-corrected chi connectivity index (χ4v) is 4.00. The first-order valence-corrected chi connectivity index (χ1v) is 8.13. The summed E-state index contributed by atoms with van der Waals surface area (Å²) in [6.07, 6.45) is 8.08. The number of aliphatic hydroxyl groups excluding tert-OH is 1. The van der Waals surface area contributed by atoms with Crippen molar-refractivity contribution in [1.29, 1.82) is 0 Å². The average molecular weight is 295 g/mol. The first-order chi connectivity index (χ1) is 9.72. The van der Waals surface area contributed by atoms with Crippen LogP contribution in [0.4, 0.5) is 0 Å². The summed E-state index contributed by atoms with van der Waals surface area (Å²) in [5, 5.41) is 11.0. The summed E-state index contributed by atoms with van der Waals surface area (Å²) in [6, 6.07) is 7.84. The smallest absolute Gasteiger partial charge is 0.0735 e. The number of benzene rings is 1. The van der Waals surface area contributed by atoms with Crippen LogP contribution in [0, 0.1) is 5.41 Å². The van der Waals surface area contributed by atoms with Crippen LogP contribution in [-0.4, -0.2) is 17.3 Å². The molecule has 0 saturated heterocycles. The summed E-state index contributed by atoms with van der Waals surface area (Å²) < 4.78 is 6.12. The van der Waals surface area contributed by atoms with Crippen LogP contribution in [0.5, 0.6) is 0 Å². The number of ether oxygens (including phenoxy) is 1. The summed E-state index contributed by atoms with van der Waals surface area (Å²) in [4.78, 5) is 0. The van der Waals surface area contributed by atoms with Crippen LogP contribution in [0.1, 0.15) is 50.5 Å². The van der Waals surface area contributed by atoms with Crippen molar-refractivity contribution in [2.24, 2.45) is 5.41 Å². The van der Waals surface area contributed by atoms with Crippen molar-refractivity contribution >= 4 is 11.6 Å². The zero-order valence-electron chi connectivity index (χ0n) is 11.9. The predicted molar refractivity (Wildman–Crippen MR) is 80.8 cm³/mol. The minimum absolute atomic E-state index is 0.0256. The molecule has 3 heteroatoms. The van der Waals surface area contributed by atoms with Gasteiger partial charge in [-0.15, -0.1) is 0 Å². The normalized spacial score (nSPS) is 28.9. The lowest BCUT2D eigenvalue weighted by atomic mass is 9.59. The summed E-state index contributed by atoms with van der Waals surface area (Å²) in [5.74, 6) is 0. The molecule has 2 fully saturated rings. The second-order valence-corrected chi connectivity index (χ2v) is 6.70. The Labute approximate surface area is 126 Å². The monoisotopic (exact) mass is 294 g/mol. The van der Waals surface area contributed by atoms with Crippen molar-refractivity contribution in [3.8, 4) is 0 Å². The van der Waals surface area contributed by atoms with E-state index in [2.05, 4.69) is 0 Å². The van der Waals surface area contributed by atoms with Gasteiger partial charge < -0.3 is 9.84 Å². The molecule has 20 heavy (non-hydrogen) atoms. The molecule has 1 aromatic carbocycles. The van der Waals surface area contributed by atoms with Gasteiger partial charge in [-0.05, 0) is 24.5 Å². The van der Waals surface area contributed by atoms with Gasteiger partial charge in [-0.25, -0.2) is 0 Å². The molecular formula is C17H23ClO2. The molecule has 0 aliphatic heterocycles. The van der Waals surface area contributed by atoms with Crippen molar-refractivity contribution in [2.45, 2.75) is 63.8 Å². The third-order valence-corrected chi connectivity index (χ3v) is 5.54. The molecule has 0 bridgehead atoms. The Morgan fingerprint density at radius 2 is 1.85 bits per heavy atom. The minimum Gasteiger partial charge on any atom is -0.392 e. The van der Waals surface area contributed by atoms with Gasteiger partial charge in [0.1, 0.15) is 0 Å². The average Bonchev–Trinajstić information content (AvgIpc) is 2.73. The topological polar surface area (TPSA) is 29.5 Å². The van der Waals surface area contributed by atoms with Crippen LogP contribution in [-0.2, 0) is 11.3 Å². The molecule has 0 heterocycles. The molecule has 2 unspecified atom stereocenters. The van der Waals surface area contributed by atoms with E-state index in [0.717, 1.165) is 29.8 Å². The molecule has 2 atom stereocenters. The minimum atomic E-state index is -0.170. The quantitative estimate of drug-likeness (QED) is 0.899. The van der Waals surface area contributed by atoms with Gasteiger partial charge >= 0.3 is 0 Å². The van der Waals surface area contributed by atoms with Crippen LogP contribution in [0.3, 0.4) is 0 Å². The SMILES string of the molecule is OC1CC(OCc2ccccc2Cl)C12CCCCCC2. The molecule has 3 rings (SSSR count). The van der Waals surface area contributed by atoms with Crippen molar-refractivity contribution in [1.82, 2.24) is 0 Å². The molecule has 1 N–H and O–H groups in total. The summed E-state index contributed by atoms with van der Waals surface area (Å²) >= 11 is 6.17.